The Morgan fingerprint density at radius 3 is 2.49 bits per heavy atom. The second-order valence-corrected chi connectivity index (χ2v) is 11.2. The van der Waals surface area contributed by atoms with Crippen molar-refractivity contribution >= 4 is 56.0 Å². The average molecular weight is 568 g/mol. The lowest BCUT2D eigenvalue weighted by Gasteiger charge is -2.35. The lowest BCUT2D eigenvalue weighted by atomic mass is 10.1. The highest BCUT2D eigenvalue weighted by molar-refractivity contribution is 7.92. The van der Waals surface area contributed by atoms with E-state index in [1.54, 1.807) is 53.4 Å². The Morgan fingerprint density at radius 2 is 1.77 bits per heavy atom. The van der Waals surface area contributed by atoms with Gasteiger partial charge in [0.1, 0.15) is 11.3 Å². The first-order valence-corrected chi connectivity index (χ1v) is 14.4. The number of carbonyl (C=O) groups is 1. The van der Waals surface area contributed by atoms with Crippen LogP contribution in [0.1, 0.15) is 0 Å². The number of nitrogen functional groups attached to an aromatic ring is 1. The third-order valence-corrected chi connectivity index (χ3v) is 6.97. The number of halogens is 1. The molecule has 0 saturated carbocycles. The minimum Gasteiger partial charge on any atom is -0.484 e. The quantitative estimate of drug-likeness (QED) is 0.344. The third-order valence-electron chi connectivity index (χ3n) is 6.11. The van der Waals surface area contributed by atoms with Gasteiger partial charge in [0, 0.05) is 42.5 Å². The van der Waals surface area contributed by atoms with Crippen molar-refractivity contribution in [3.8, 4) is 17.0 Å². The summed E-state index contributed by atoms with van der Waals surface area (Å²) in [5, 5.41) is 0.599. The number of aromatic nitrogens is 3. The largest absolute Gasteiger partial charge is 0.484 e. The molecule has 1 aliphatic rings. The first-order valence-electron chi connectivity index (χ1n) is 12.1. The van der Waals surface area contributed by atoms with E-state index in [-0.39, 0.29) is 18.5 Å². The van der Waals surface area contributed by atoms with Crippen LogP contribution in [0.5, 0.6) is 5.75 Å². The maximum Gasteiger partial charge on any atom is 0.260 e. The van der Waals surface area contributed by atoms with Gasteiger partial charge >= 0.3 is 0 Å². The Labute approximate surface area is 230 Å². The Kier molecular flexibility index (Phi) is 7.40. The van der Waals surface area contributed by atoms with Gasteiger partial charge in [0.25, 0.3) is 5.91 Å². The van der Waals surface area contributed by atoms with Crippen molar-refractivity contribution in [3.05, 3.63) is 65.7 Å². The molecule has 0 atom stereocenters. The Balaban J connectivity index is 1.32. The number of anilines is 3. The molecule has 0 radical (unpaired) electrons. The molecule has 0 bridgehead atoms. The molecule has 39 heavy (non-hydrogen) atoms. The predicted octanol–water partition coefficient (Wildman–Crippen LogP) is 3.03. The van der Waals surface area contributed by atoms with Gasteiger partial charge in [-0.2, -0.15) is 4.98 Å². The summed E-state index contributed by atoms with van der Waals surface area (Å²) in [6, 6.07) is 17.4. The number of amides is 1. The second-order valence-electron chi connectivity index (χ2n) is 9.04. The van der Waals surface area contributed by atoms with E-state index in [2.05, 4.69) is 14.7 Å². The Hall–Kier alpha value is -4.16. The van der Waals surface area contributed by atoms with Crippen LogP contribution in [-0.2, 0) is 14.8 Å². The fourth-order valence-corrected chi connectivity index (χ4v) is 4.97. The van der Waals surface area contributed by atoms with Crippen molar-refractivity contribution < 1.29 is 17.9 Å². The monoisotopic (exact) mass is 567 g/mol. The molecule has 2 aromatic carbocycles. The second kappa shape index (κ2) is 10.9. The van der Waals surface area contributed by atoms with Gasteiger partial charge in [-0.05, 0) is 48.5 Å². The molecule has 202 valence electrons. The zero-order valence-corrected chi connectivity index (χ0v) is 22.6. The molecular weight excluding hydrogens is 542 g/mol. The van der Waals surface area contributed by atoms with Gasteiger partial charge in [-0.15, -0.1) is 0 Å². The van der Waals surface area contributed by atoms with Gasteiger partial charge in [-0.3, -0.25) is 9.52 Å². The SMILES string of the molecule is CS(=O)(=O)Nc1cccc(-c2ccc3nc(N)nc(N4CCN(C(=O)COc5ccc(Cl)cc5)CC4)c3n2)c1. The highest BCUT2D eigenvalue weighted by Gasteiger charge is 2.25. The molecule has 13 heteroatoms. The van der Waals surface area contributed by atoms with Crippen LogP contribution in [0.25, 0.3) is 22.3 Å². The Morgan fingerprint density at radius 1 is 1.03 bits per heavy atom. The highest BCUT2D eigenvalue weighted by Crippen LogP contribution is 2.29. The number of hydrogen-bond acceptors (Lipinski definition) is 9. The van der Waals surface area contributed by atoms with Crippen LogP contribution in [0.4, 0.5) is 17.5 Å². The van der Waals surface area contributed by atoms with Crippen molar-refractivity contribution in [1.82, 2.24) is 19.9 Å². The molecule has 0 spiro atoms. The van der Waals surface area contributed by atoms with Gasteiger partial charge < -0.3 is 20.3 Å². The molecule has 3 heterocycles. The van der Waals surface area contributed by atoms with E-state index in [4.69, 9.17) is 27.1 Å². The number of hydrogen-bond donors (Lipinski definition) is 2. The normalized spacial score (nSPS) is 13.9. The number of benzene rings is 2. The summed E-state index contributed by atoms with van der Waals surface area (Å²) in [6.07, 6.45) is 1.10. The number of nitrogens with zero attached hydrogens (tertiary/aromatic N) is 5. The topological polar surface area (TPSA) is 144 Å². The molecule has 1 fully saturated rings. The van der Waals surface area contributed by atoms with Gasteiger partial charge in [0.15, 0.2) is 12.4 Å². The van der Waals surface area contributed by atoms with Crippen LogP contribution >= 0.6 is 11.6 Å². The molecule has 11 nitrogen and oxygen atoms in total. The summed E-state index contributed by atoms with van der Waals surface area (Å²) < 4.78 is 31.4. The molecule has 5 rings (SSSR count). The number of ether oxygens (including phenoxy) is 1. The third kappa shape index (κ3) is 6.47. The first-order chi connectivity index (χ1) is 18.6. The molecule has 1 saturated heterocycles. The fraction of sp³-hybridized carbons (Fsp3) is 0.231. The molecule has 4 aromatic rings. The van der Waals surface area contributed by atoms with Crippen molar-refractivity contribution in [2.75, 3.05) is 54.4 Å². The maximum absolute atomic E-state index is 12.7. The molecule has 3 N–H and O–H groups in total. The standard InChI is InChI=1S/C26H26ClN7O4S/c1-39(36,37)32-19-4-2-3-17(15-19)21-9-10-22-24(29-21)25(31-26(28)30-22)34-13-11-33(12-14-34)23(35)16-38-20-7-5-18(27)6-8-20/h2-10,15,32H,11-14,16H2,1H3,(H2,28,30,31). The minimum absolute atomic E-state index is 0.0663. The van der Waals surface area contributed by atoms with E-state index in [0.717, 1.165) is 11.8 Å². The summed E-state index contributed by atoms with van der Waals surface area (Å²) in [4.78, 5) is 30.1. The molecule has 2 aromatic heterocycles. The first kappa shape index (κ1) is 26.4. The maximum atomic E-state index is 12.7. The molecule has 1 amide bonds. The van der Waals surface area contributed by atoms with Crippen molar-refractivity contribution in [3.63, 3.8) is 0 Å². The van der Waals surface area contributed by atoms with E-state index in [1.807, 2.05) is 17.0 Å². The van der Waals surface area contributed by atoms with Crippen LogP contribution in [0.3, 0.4) is 0 Å². The van der Waals surface area contributed by atoms with Crippen LogP contribution in [0.15, 0.2) is 60.7 Å². The highest BCUT2D eigenvalue weighted by atomic mass is 35.5. The number of fused-ring (bicyclic) bond motifs is 1. The summed E-state index contributed by atoms with van der Waals surface area (Å²) in [7, 11) is -3.42. The zero-order chi connectivity index (χ0) is 27.6. The Bertz CT molecular complexity index is 1630. The summed E-state index contributed by atoms with van der Waals surface area (Å²) in [6.45, 7) is 1.94. The smallest absolute Gasteiger partial charge is 0.260 e. The summed E-state index contributed by atoms with van der Waals surface area (Å²) in [5.41, 5.74) is 8.95. The number of rotatable bonds is 7. The van der Waals surface area contributed by atoms with Gasteiger partial charge in [-0.25, -0.2) is 18.4 Å². The average Bonchev–Trinajstić information content (AvgIpc) is 2.91. The van der Waals surface area contributed by atoms with Crippen molar-refractivity contribution in [1.29, 1.82) is 0 Å². The number of nitrogens with one attached hydrogen (secondary N) is 1. The molecule has 1 aliphatic heterocycles. The number of nitrogens with two attached hydrogens (primary N) is 1. The van der Waals surface area contributed by atoms with Gasteiger partial charge in [-0.1, -0.05) is 23.7 Å². The number of carbonyl (C=O) groups excluding carboxylic acids is 1. The summed E-state index contributed by atoms with van der Waals surface area (Å²) >= 11 is 5.89. The van der Waals surface area contributed by atoms with E-state index in [1.165, 1.54) is 0 Å². The molecule has 0 unspecified atom stereocenters. The lowest BCUT2D eigenvalue weighted by Crippen LogP contribution is -2.50. The predicted molar refractivity (Wildman–Crippen MR) is 151 cm³/mol. The van der Waals surface area contributed by atoms with E-state index in [9.17, 15) is 13.2 Å². The number of sulfonamides is 1. The van der Waals surface area contributed by atoms with Crippen molar-refractivity contribution in [2.45, 2.75) is 0 Å². The lowest BCUT2D eigenvalue weighted by molar-refractivity contribution is -0.133. The summed E-state index contributed by atoms with van der Waals surface area (Å²) in [5.74, 6) is 1.17. The molecular formula is C26H26ClN7O4S. The van der Waals surface area contributed by atoms with E-state index in [0.29, 0.717) is 65.2 Å². The van der Waals surface area contributed by atoms with Gasteiger partial charge in [0.05, 0.1) is 17.5 Å². The zero-order valence-electron chi connectivity index (χ0n) is 21.0. The van der Waals surface area contributed by atoms with Gasteiger partial charge in [0.2, 0.25) is 16.0 Å². The van der Waals surface area contributed by atoms with E-state index < -0.39 is 10.0 Å². The minimum atomic E-state index is -3.42. The number of pyridine rings is 1. The van der Waals surface area contributed by atoms with Crippen LogP contribution in [0.2, 0.25) is 5.02 Å². The molecule has 0 aliphatic carbocycles. The van der Waals surface area contributed by atoms with Crippen molar-refractivity contribution in [2.24, 2.45) is 0 Å². The van der Waals surface area contributed by atoms with Crippen LogP contribution < -0.4 is 20.1 Å². The van der Waals surface area contributed by atoms with Crippen LogP contribution in [-0.4, -0.2) is 73.2 Å². The number of piperazine rings is 1. The fourth-order valence-electron chi connectivity index (χ4n) is 4.29. The van der Waals surface area contributed by atoms with Crippen LogP contribution in [0, 0.1) is 0 Å². The van der Waals surface area contributed by atoms with E-state index >= 15 is 0 Å².